The largest absolute Gasteiger partial charge is 0.494 e. The van der Waals surface area contributed by atoms with Crippen LogP contribution in [0.5, 0.6) is 11.5 Å². The van der Waals surface area contributed by atoms with Crippen LogP contribution in [0.15, 0.2) is 52.0 Å². The number of carbonyl (C=O) groups is 1. The van der Waals surface area contributed by atoms with Gasteiger partial charge in [-0.05, 0) is 76.8 Å². The van der Waals surface area contributed by atoms with E-state index in [4.69, 9.17) is 9.47 Å². The molecule has 1 N–H and O–H groups in total. The molecular weight excluding hydrogens is 396 g/mol. The highest BCUT2D eigenvalue weighted by Gasteiger charge is 2.05. The average Bonchev–Trinajstić information content (AvgIpc) is 2.66. The number of halogens is 1. The minimum absolute atomic E-state index is 0.273. The molecule has 1 amide bonds. The van der Waals surface area contributed by atoms with Gasteiger partial charge in [-0.2, -0.15) is 5.10 Å². The van der Waals surface area contributed by atoms with Gasteiger partial charge in [0.05, 0.1) is 23.9 Å². The van der Waals surface area contributed by atoms with E-state index in [1.807, 2.05) is 25.1 Å². The molecule has 0 aromatic heterocycles. The Kier molecular flexibility index (Phi) is 8.15. The third kappa shape index (κ3) is 6.19. The van der Waals surface area contributed by atoms with E-state index in [9.17, 15) is 4.79 Å². The molecule has 0 fully saturated rings. The summed E-state index contributed by atoms with van der Waals surface area (Å²) in [5.74, 6) is 1.27. The maximum Gasteiger partial charge on any atom is 0.271 e. The summed E-state index contributed by atoms with van der Waals surface area (Å²) < 4.78 is 12.0. The maximum atomic E-state index is 12.1. The number of hydrogen-bond donors (Lipinski definition) is 1. The van der Waals surface area contributed by atoms with Crippen molar-refractivity contribution in [3.8, 4) is 11.5 Å². The first-order valence-corrected chi connectivity index (χ1v) is 9.42. The molecule has 0 unspecified atom stereocenters. The molecule has 5 nitrogen and oxygen atoms in total. The zero-order chi connectivity index (χ0) is 18.8. The van der Waals surface area contributed by atoms with Crippen LogP contribution in [0.2, 0.25) is 0 Å². The number of hydrazone groups is 1. The number of rotatable bonds is 9. The van der Waals surface area contributed by atoms with Crippen molar-refractivity contribution in [2.45, 2.75) is 26.7 Å². The number of amides is 1. The molecule has 138 valence electrons. The second-order valence-electron chi connectivity index (χ2n) is 5.61. The van der Waals surface area contributed by atoms with Crippen LogP contribution in [0.3, 0.4) is 0 Å². The molecule has 2 aromatic rings. The Balaban J connectivity index is 1.91. The van der Waals surface area contributed by atoms with Gasteiger partial charge in [0.2, 0.25) is 0 Å². The molecule has 0 saturated carbocycles. The van der Waals surface area contributed by atoms with Crippen molar-refractivity contribution >= 4 is 28.1 Å². The third-order valence-electron chi connectivity index (χ3n) is 3.39. The Bertz CT molecular complexity index is 745. The summed E-state index contributed by atoms with van der Waals surface area (Å²) in [4.78, 5) is 12.1. The molecule has 6 heteroatoms. The first-order chi connectivity index (χ1) is 12.6. The topological polar surface area (TPSA) is 59.9 Å². The van der Waals surface area contributed by atoms with Crippen LogP contribution in [-0.2, 0) is 0 Å². The number of hydrogen-bond acceptors (Lipinski definition) is 4. The minimum atomic E-state index is -0.273. The van der Waals surface area contributed by atoms with E-state index in [0.717, 1.165) is 34.4 Å². The van der Waals surface area contributed by atoms with Crippen molar-refractivity contribution in [2.75, 3.05) is 13.2 Å². The van der Waals surface area contributed by atoms with Crippen LogP contribution >= 0.6 is 15.9 Å². The number of nitrogens with zero attached hydrogens (tertiary/aromatic N) is 1. The zero-order valence-corrected chi connectivity index (χ0v) is 16.6. The highest BCUT2D eigenvalue weighted by molar-refractivity contribution is 9.10. The second kappa shape index (κ2) is 10.6. The Morgan fingerprint density at radius 2 is 1.77 bits per heavy atom. The van der Waals surface area contributed by atoms with Gasteiger partial charge in [0.25, 0.3) is 5.91 Å². The second-order valence-corrected chi connectivity index (χ2v) is 6.46. The van der Waals surface area contributed by atoms with Crippen molar-refractivity contribution in [1.29, 1.82) is 0 Å². The highest BCUT2D eigenvalue weighted by atomic mass is 79.9. The van der Waals surface area contributed by atoms with Gasteiger partial charge in [-0.3, -0.25) is 4.79 Å². The molecular formula is C20H23BrN2O3. The lowest BCUT2D eigenvalue weighted by Crippen LogP contribution is -2.17. The molecule has 0 aliphatic heterocycles. The molecule has 0 aliphatic rings. The van der Waals surface area contributed by atoms with E-state index in [1.165, 1.54) is 0 Å². The fourth-order valence-electron chi connectivity index (χ4n) is 2.08. The number of ether oxygens (including phenoxy) is 2. The quantitative estimate of drug-likeness (QED) is 0.470. The van der Waals surface area contributed by atoms with Gasteiger partial charge in [-0.25, -0.2) is 5.43 Å². The maximum absolute atomic E-state index is 12.1. The van der Waals surface area contributed by atoms with Gasteiger partial charge in [-0.1, -0.05) is 13.8 Å². The molecule has 0 saturated heterocycles. The lowest BCUT2D eigenvalue weighted by molar-refractivity contribution is 0.0955. The van der Waals surface area contributed by atoms with E-state index in [-0.39, 0.29) is 5.91 Å². The van der Waals surface area contributed by atoms with Gasteiger partial charge >= 0.3 is 0 Å². The van der Waals surface area contributed by atoms with Crippen LogP contribution < -0.4 is 14.9 Å². The summed E-state index contributed by atoms with van der Waals surface area (Å²) in [7, 11) is 0. The van der Waals surface area contributed by atoms with Crippen molar-refractivity contribution < 1.29 is 14.3 Å². The normalized spacial score (nSPS) is 10.7. The lowest BCUT2D eigenvalue weighted by atomic mass is 10.2. The summed E-state index contributed by atoms with van der Waals surface area (Å²) in [5.41, 5.74) is 3.90. The molecule has 0 radical (unpaired) electrons. The molecule has 0 heterocycles. The monoisotopic (exact) mass is 418 g/mol. The Labute approximate surface area is 162 Å². The Morgan fingerprint density at radius 3 is 2.42 bits per heavy atom. The molecule has 2 aromatic carbocycles. The molecule has 26 heavy (non-hydrogen) atoms. The van der Waals surface area contributed by atoms with E-state index in [1.54, 1.807) is 30.5 Å². The van der Waals surface area contributed by atoms with E-state index < -0.39 is 0 Å². The SMILES string of the molecule is CCCOc1ccc(C(=O)N/N=C/c2ccc(OCCC)c(Br)c2)cc1. The van der Waals surface area contributed by atoms with Gasteiger partial charge in [0.15, 0.2) is 0 Å². The fraction of sp³-hybridized carbons (Fsp3) is 0.300. The number of nitrogens with one attached hydrogen (secondary N) is 1. The molecule has 0 aliphatic carbocycles. The van der Waals surface area contributed by atoms with Gasteiger partial charge in [-0.15, -0.1) is 0 Å². The predicted octanol–water partition coefficient (Wildman–Crippen LogP) is 4.79. The average molecular weight is 419 g/mol. The van der Waals surface area contributed by atoms with Crippen LogP contribution in [0, 0.1) is 0 Å². The van der Waals surface area contributed by atoms with Crippen molar-refractivity contribution in [3.05, 3.63) is 58.1 Å². The first-order valence-electron chi connectivity index (χ1n) is 8.62. The van der Waals surface area contributed by atoms with Gasteiger partial charge in [0.1, 0.15) is 11.5 Å². The third-order valence-corrected chi connectivity index (χ3v) is 4.01. The molecule has 2 rings (SSSR count). The molecule has 0 atom stereocenters. The van der Waals surface area contributed by atoms with E-state index in [2.05, 4.69) is 33.4 Å². The zero-order valence-electron chi connectivity index (χ0n) is 15.0. The minimum Gasteiger partial charge on any atom is -0.494 e. The Morgan fingerprint density at radius 1 is 1.08 bits per heavy atom. The summed E-state index contributed by atoms with van der Waals surface area (Å²) in [6.45, 7) is 5.44. The summed E-state index contributed by atoms with van der Waals surface area (Å²) in [6.07, 6.45) is 3.48. The van der Waals surface area contributed by atoms with Crippen molar-refractivity contribution in [2.24, 2.45) is 5.10 Å². The first kappa shape index (κ1) is 20.0. The predicted molar refractivity (Wildman–Crippen MR) is 107 cm³/mol. The van der Waals surface area contributed by atoms with Gasteiger partial charge < -0.3 is 9.47 Å². The van der Waals surface area contributed by atoms with Crippen molar-refractivity contribution in [1.82, 2.24) is 5.43 Å². The molecule has 0 spiro atoms. The van der Waals surface area contributed by atoms with Crippen molar-refractivity contribution in [3.63, 3.8) is 0 Å². The summed E-state index contributed by atoms with van der Waals surface area (Å²) in [5, 5.41) is 4.01. The fourth-order valence-corrected chi connectivity index (χ4v) is 2.59. The molecule has 0 bridgehead atoms. The van der Waals surface area contributed by atoms with E-state index >= 15 is 0 Å². The number of carbonyl (C=O) groups excluding carboxylic acids is 1. The van der Waals surface area contributed by atoms with Crippen LogP contribution in [-0.4, -0.2) is 25.3 Å². The van der Waals surface area contributed by atoms with Gasteiger partial charge in [0, 0.05) is 5.56 Å². The lowest BCUT2D eigenvalue weighted by Gasteiger charge is -2.07. The smallest absolute Gasteiger partial charge is 0.271 e. The number of benzene rings is 2. The summed E-state index contributed by atoms with van der Waals surface area (Å²) >= 11 is 3.47. The van der Waals surface area contributed by atoms with E-state index in [0.29, 0.717) is 18.8 Å². The van der Waals surface area contributed by atoms with Crippen LogP contribution in [0.4, 0.5) is 0 Å². The van der Waals surface area contributed by atoms with Crippen LogP contribution in [0.1, 0.15) is 42.6 Å². The summed E-state index contributed by atoms with van der Waals surface area (Å²) in [6, 6.07) is 12.6. The highest BCUT2D eigenvalue weighted by Crippen LogP contribution is 2.25. The Hall–Kier alpha value is -2.34. The van der Waals surface area contributed by atoms with Crippen LogP contribution in [0.25, 0.3) is 0 Å². The standard InChI is InChI=1S/C20H23BrN2O3/c1-3-11-25-17-8-6-16(7-9-17)20(24)23-22-14-15-5-10-19(18(21)13-15)26-12-4-2/h5-10,13-14H,3-4,11-12H2,1-2H3,(H,23,24)/b22-14+.